The Labute approximate surface area is 259 Å². The number of aliphatic hydroxyl groups excluding tert-OH is 1. The van der Waals surface area contributed by atoms with Crippen LogP contribution < -0.4 is 4.74 Å². The molecule has 1 N–H and O–H groups in total. The lowest BCUT2D eigenvalue weighted by Gasteiger charge is -2.32. The Balaban J connectivity index is 1.36. The van der Waals surface area contributed by atoms with E-state index in [1.54, 1.807) is 21.0 Å². The quantitative estimate of drug-likeness (QED) is 0.159. The number of methoxy groups -OCH3 is 1. The van der Waals surface area contributed by atoms with Gasteiger partial charge in [0.05, 0.1) is 44.5 Å². The number of hydrogen-bond donors (Lipinski definition) is 1. The summed E-state index contributed by atoms with van der Waals surface area (Å²) >= 11 is 0. The zero-order chi connectivity index (χ0) is 31.5. The van der Waals surface area contributed by atoms with E-state index < -0.39 is 48.2 Å². The number of amides is 2. The molecule has 44 heavy (non-hydrogen) atoms. The predicted molar refractivity (Wildman–Crippen MR) is 165 cm³/mol. The molecule has 1 fully saturated rings. The maximum Gasteiger partial charge on any atom is 0.417 e. The van der Waals surface area contributed by atoms with Gasteiger partial charge < -0.3 is 28.8 Å². The average molecular weight is 606 g/mol. The van der Waals surface area contributed by atoms with Crippen molar-refractivity contribution in [3.05, 3.63) is 102 Å². The van der Waals surface area contributed by atoms with Crippen LogP contribution in [0.4, 0.5) is 4.79 Å². The monoisotopic (exact) mass is 605 g/mol. The molecule has 9 heteroatoms. The summed E-state index contributed by atoms with van der Waals surface area (Å²) in [7, 11) is 1.62. The molecule has 1 heterocycles. The minimum Gasteiger partial charge on any atom is -0.497 e. The molecule has 0 spiro atoms. The number of ether oxygens (including phenoxy) is 5. The first-order valence-electron chi connectivity index (χ1n) is 15.0. The fourth-order valence-corrected chi connectivity index (χ4v) is 5.36. The van der Waals surface area contributed by atoms with Crippen LogP contribution in [0.25, 0.3) is 0 Å². The van der Waals surface area contributed by atoms with Crippen molar-refractivity contribution < 1.29 is 38.4 Å². The van der Waals surface area contributed by atoms with Gasteiger partial charge in [0.2, 0.25) is 5.91 Å². The Morgan fingerprint density at radius 2 is 1.52 bits per heavy atom. The van der Waals surface area contributed by atoms with Gasteiger partial charge in [0.15, 0.2) is 0 Å². The molecular formula is C35H43NO8. The third kappa shape index (κ3) is 8.66. The zero-order valence-electron chi connectivity index (χ0n) is 25.8. The van der Waals surface area contributed by atoms with Gasteiger partial charge in [0.25, 0.3) is 0 Å². The molecule has 0 saturated carbocycles. The number of rotatable bonds is 16. The van der Waals surface area contributed by atoms with Crippen molar-refractivity contribution in [1.29, 1.82) is 0 Å². The number of carbonyl (C=O) groups is 2. The lowest BCUT2D eigenvalue weighted by Crippen LogP contribution is -2.47. The molecule has 0 unspecified atom stereocenters. The van der Waals surface area contributed by atoms with Gasteiger partial charge in [-0.2, -0.15) is 0 Å². The molecule has 3 aromatic carbocycles. The SMILES string of the molecule is COc1ccc(COCC[C@H](OCOCc2ccccc2)[C@@H](C)[C@@H](O)[C@H](C)C(=O)N2C(=O)O[C@H](c3ccccc3)[C@@H]2C)cc1. The van der Waals surface area contributed by atoms with Crippen LogP contribution in [-0.2, 0) is 37.0 Å². The van der Waals surface area contributed by atoms with Crippen molar-refractivity contribution in [3.8, 4) is 5.75 Å². The van der Waals surface area contributed by atoms with Gasteiger partial charge in [-0.05, 0) is 42.2 Å². The highest BCUT2D eigenvalue weighted by atomic mass is 16.7. The molecule has 1 aliphatic rings. The summed E-state index contributed by atoms with van der Waals surface area (Å²) in [5.41, 5.74) is 2.83. The van der Waals surface area contributed by atoms with Crippen LogP contribution in [0.15, 0.2) is 84.9 Å². The topological polar surface area (TPSA) is 104 Å². The number of cyclic esters (lactones) is 1. The number of benzene rings is 3. The van der Waals surface area contributed by atoms with Gasteiger partial charge in [-0.25, -0.2) is 9.69 Å². The molecule has 4 rings (SSSR count). The summed E-state index contributed by atoms with van der Waals surface area (Å²) in [4.78, 5) is 27.5. The number of aliphatic hydroxyl groups is 1. The second-order valence-corrected chi connectivity index (χ2v) is 11.1. The zero-order valence-corrected chi connectivity index (χ0v) is 25.8. The first-order valence-corrected chi connectivity index (χ1v) is 15.0. The van der Waals surface area contributed by atoms with E-state index in [0.29, 0.717) is 26.2 Å². The molecule has 2 amide bonds. The van der Waals surface area contributed by atoms with Crippen LogP contribution in [0.2, 0.25) is 0 Å². The summed E-state index contributed by atoms with van der Waals surface area (Å²) in [6.45, 7) is 6.39. The molecule has 3 aromatic rings. The van der Waals surface area contributed by atoms with E-state index in [9.17, 15) is 14.7 Å². The van der Waals surface area contributed by atoms with E-state index in [4.69, 9.17) is 23.7 Å². The number of carbonyl (C=O) groups excluding carboxylic acids is 2. The lowest BCUT2D eigenvalue weighted by atomic mass is 9.87. The first-order chi connectivity index (χ1) is 21.3. The molecule has 6 atom stereocenters. The normalized spacial score (nSPS) is 19.2. The molecular weight excluding hydrogens is 562 g/mol. The maximum atomic E-state index is 13.6. The van der Waals surface area contributed by atoms with E-state index in [2.05, 4.69) is 0 Å². The largest absolute Gasteiger partial charge is 0.497 e. The first kappa shape index (κ1) is 33.1. The standard InChI is InChI=1S/C35H43NO8/c1-24(32(37)25(2)34(38)36-26(3)33(44-35(36)39)29-13-9-6-10-14-29)31(43-23-42-22-27-11-7-5-8-12-27)19-20-41-21-28-15-17-30(40-4)18-16-28/h5-18,24-26,31-33,37H,19-23H2,1-4H3/t24-,25+,26+,31+,32-,33+/m1/s1. The molecule has 0 radical (unpaired) electrons. The summed E-state index contributed by atoms with van der Waals surface area (Å²) in [6.07, 6.45) is -2.40. The summed E-state index contributed by atoms with van der Waals surface area (Å²) < 4.78 is 28.6. The number of hydrogen-bond acceptors (Lipinski definition) is 8. The van der Waals surface area contributed by atoms with Gasteiger partial charge in [-0.1, -0.05) is 86.6 Å². The van der Waals surface area contributed by atoms with Gasteiger partial charge in [0.1, 0.15) is 18.6 Å². The van der Waals surface area contributed by atoms with Gasteiger partial charge in [-0.15, -0.1) is 0 Å². The van der Waals surface area contributed by atoms with Crippen LogP contribution in [-0.4, -0.2) is 60.8 Å². The molecule has 0 bridgehead atoms. The lowest BCUT2D eigenvalue weighted by molar-refractivity contribution is -0.148. The second kappa shape index (κ2) is 16.4. The van der Waals surface area contributed by atoms with Gasteiger partial charge in [-0.3, -0.25) is 4.79 Å². The van der Waals surface area contributed by atoms with Crippen molar-refractivity contribution in [1.82, 2.24) is 4.90 Å². The van der Waals surface area contributed by atoms with E-state index >= 15 is 0 Å². The highest BCUT2D eigenvalue weighted by Crippen LogP contribution is 2.34. The Morgan fingerprint density at radius 3 is 2.18 bits per heavy atom. The Kier molecular flexibility index (Phi) is 12.3. The average Bonchev–Trinajstić information content (AvgIpc) is 3.36. The van der Waals surface area contributed by atoms with Crippen LogP contribution in [0.5, 0.6) is 5.75 Å². The second-order valence-electron chi connectivity index (χ2n) is 11.1. The molecule has 1 aliphatic heterocycles. The van der Waals surface area contributed by atoms with Crippen LogP contribution in [0.1, 0.15) is 50.0 Å². The maximum absolute atomic E-state index is 13.6. The predicted octanol–water partition coefficient (Wildman–Crippen LogP) is 5.90. The van der Waals surface area contributed by atoms with Crippen molar-refractivity contribution in [2.45, 2.75) is 64.8 Å². The molecule has 236 valence electrons. The third-order valence-electron chi connectivity index (χ3n) is 8.11. The molecule has 0 aromatic heterocycles. The van der Waals surface area contributed by atoms with Crippen molar-refractivity contribution in [2.24, 2.45) is 11.8 Å². The number of imide groups is 1. The molecule has 0 aliphatic carbocycles. The van der Waals surface area contributed by atoms with E-state index in [1.165, 1.54) is 0 Å². The van der Waals surface area contributed by atoms with Gasteiger partial charge >= 0.3 is 6.09 Å². The van der Waals surface area contributed by atoms with Crippen molar-refractivity contribution in [2.75, 3.05) is 20.5 Å². The summed E-state index contributed by atoms with van der Waals surface area (Å²) in [5.74, 6) is -1.07. The molecule has 9 nitrogen and oxygen atoms in total. The Morgan fingerprint density at radius 1 is 0.909 bits per heavy atom. The van der Waals surface area contributed by atoms with Crippen molar-refractivity contribution >= 4 is 12.0 Å². The fourth-order valence-electron chi connectivity index (χ4n) is 5.36. The minimum atomic E-state index is -1.10. The summed E-state index contributed by atoms with van der Waals surface area (Å²) in [5, 5.41) is 11.4. The smallest absolute Gasteiger partial charge is 0.417 e. The van der Waals surface area contributed by atoms with E-state index in [-0.39, 0.29) is 6.79 Å². The highest BCUT2D eigenvalue weighted by molar-refractivity contribution is 5.95. The van der Waals surface area contributed by atoms with Crippen LogP contribution in [0.3, 0.4) is 0 Å². The van der Waals surface area contributed by atoms with Gasteiger partial charge in [0, 0.05) is 12.5 Å². The highest BCUT2D eigenvalue weighted by Gasteiger charge is 2.46. The van der Waals surface area contributed by atoms with Crippen LogP contribution >= 0.6 is 0 Å². The third-order valence-corrected chi connectivity index (χ3v) is 8.11. The molecule has 1 saturated heterocycles. The number of nitrogens with zero attached hydrogens (tertiary/aromatic N) is 1. The minimum absolute atomic E-state index is 0.00562. The fraction of sp³-hybridized carbons (Fsp3) is 0.429. The van der Waals surface area contributed by atoms with Crippen molar-refractivity contribution in [3.63, 3.8) is 0 Å². The van der Waals surface area contributed by atoms with E-state index in [1.807, 2.05) is 91.9 Å². The van der Waals surface area contributed by atoms with E-state index in [0.717, 1.165) is 27.3 Å². The Hall–Kier alpha value is -3.76. The Bertz CT molecular complexity index is 1300. The van der Waals surface area contributed by atoms with Crippen LogP contribution in [0, 0.1) is 11.8 Å². The summed E-state index contributed by atoms with van der Waals surface area (Å²) in [6, 6.07) is 26.2.